The van der Waals surface area contributed by atoms with Crippen LogP contribution in [0.3, 0.4) is 0 Å². The van der Waals surface area contributed by atoms with Crippen molar-refractivity contribution in [1.82, 2.24) is 20.0 Å². The van der Waals surface area contributed by atoms with Gasteiger partial charge in [-0.25, -0.2) is 9.59 Å². The number of carbonyl (C=O) groups is 3. The van der Waals surface area contributed by atoms with E-state index in [-0.39, 0.29) is 24.6 Å². The first-order valence-electron chi connectivity index (χ1n) is 10.2. The average molecular weight is 438 g/mol. The van der Waals surface area contributed by atoms with Gasteiger partial charge >= 0.3 is 12.1 Å². The summed E-state index contributed by atoms with van der Waals surface area (Å²) in [5, 5.41) is 3.42. The van der Waals surface area contributed by atoms with Gasteiger partial charge in [0, 0.05) is 63.1 Å². The summed E-state index contributed by atoms with van der Waals surface area (Å²) in [6.45, 7) is 6.40. The predicted molar refractivity (Wildman–Crippen MR) is 114 cm³/mol. The number of ether oxygens (including phenoxy) is 1. The third kappa shape index (κ3) is 5.69. The molecule has 3 rings (SSSR count). The Hall–Kier alpha value is -2.68. The van der Waals surface area contributed by atoms with Gasteiger partial charge in [-0.05, 0) is 31.2 Å². The summed E-state index contributed by atoms with van der Waals surface area (Å²) in [5.74, 6) is -0.147. The van der Waals surface area contributed by atoms with Crippen molar-refractivity contribution in [2.45, 2.75) is 6.92 Å². The largest absolute Gasteiger partial charge is 0.450 e. The Morgan fingerprint density at radius 1 is 0.900 bits per heavy atom. The van der Waals surface area contributed by atoms with Gasteiger partial charge in [-0.1, -0.05) is 11.6 Å². The highest BCUT2D eigenvalue weighted by Crippen LogP contribution is 2.19. The summed E-state index contributed by atoms with van der Waals surface area (Å²) in [6, 6.07) is 7.42. The van der Waals surface area contributed by atoms with Crippen LogP contribution in [0.5, 0.6) is 0 Å². The average Bonchev–Trinajstić information content (AvgIpc) is 2.78. The number of nitrogens with one attached hydrogen (secondary N) is 1. The predicted octanol–water partition coefficient (Wildman–Crippen LogP) is 1.47. The Bertz CT molecular complexity index is 744. The molecule has 164 valence electrons. The number of rotatable bonds is 4. The van der Waals surface area contributed by atoms with Gasteiger partial charge in [0.25, 0.3) is 0 Å². The van der Waals surface area contributed by atoms with E-state index in [4.69, 9.17) is 16.3 Å². The molecule has 1 N–H and O–H groups in total. The van der Waals surface area contributed by atoms with E-state index in [9.17, 15) is 14.4 Å². The molecule has 2 heterocycles. The molecule has 2 fully saturated rings. The number of anilines is 1. The third-order valence-corrected chi connectivity index (χ3v) is 5.56. The van der Waals surface area contributed by atoms with E-state index in [2.05, 4.69) is 10.2 Å². The van der Waals surface area contributed by atoms with Crippen LogP contribution in [0.25, 0.3) is 0 Å². The molecule has 9 nitrogen and oxygen atoms in total. The number of urea groups is 1. The maximum Gasteiger partial charge on any atom is 0.409 e. The number of benzene rings is 1. The second kappa shape index (κ2) is 10.4. The van der Waals surface area contributed by atoms with Gasteiger partial charge in [0.2, 0.25) is 5.91 Å². The molecular formula is C20H28ClN5O4. The SMILES string of the molecule is CCOC(=O)N1CCN(C(=O)CNC(=O)N2CCN(c3ccc(Cl)cc3)CC2)CC1. The van der Waals surface area contributed by atoms with Gasteiger partial charge in [-0.2, -0.15) is 0 Å². The fourth-order valence-corrected chi connectivity index (χ4v) is 3.67. The molecule has 2 aliphatic rings. The number of amides is 4. The van der Waals surface area contributed by atoms with E-state index < -0.39 is 0 Å². The highest BCUT2D eigenvalue weighted by atomic mass is 35.5. The van der Waals surface area contributed by atoms with Crippen molar-refractivity contribution in [3.05, 3.63) is 29.3 Å². The summed E-state index contributed by atoms with van der Waals surface area (Å²) in [7, 11) is 0. The molecule has 0 radical (unpaired) electrons. The van der Waals surface area contributed by atoms with Crippen LogP contribution in [0.1, 0.15) is 6.92 Å². The lowest BCUT2D eigenvalue weighted by Crippen LogP contribution is -2.55. The molecule has 10 heteroatoms. The lowest BCUT2D eigenvalue weighted by molar-refractivity contribution is -0.131. The van der Waals surface area contributed by atoms with Gasteiger partial charge < -0.3 is 29.7 Å². The molecular weight excluding hydrogens is 410 g/mol. The summed E-state index contributed by atoms with van der Waals surface area (Å²) in [5.41, 5.74) is 1.08. The molecule has 0 atom stereocenters. The zero-order valence-electron chi connectivity index (χ0n) is 17.2. The first-order chi connectivity index (χ1) is 14.5. The highest BCUT2D eigenvalue weighted by molar-refractivity contribution is 6.30. The molecule has 0 unspecified atom stereocenters. The lowest BCUT2D eigenvalue weighted by atomic mass is 10.2. The Morgan fingerprint density at radius 3 is 2.07 bits per heavy atom. The number of piperazine rings is 2. The monoisotopic (exact) mass is 437 g/mol. The normalized spacial score (nSPS) is 17.0. The van der Waals surface area contributed by atoms with Gasteiger partial charge in [0.1, 0.15) is 0 Å². The molecule has 1 aromatic rings. The molecule has 30 heavy (non-hydrogen) atoms. The number of carbonyl (C=O) groups excluding carboxylic acids is 3. The minimum atomic E-state index is -0.351. The molecule has 0 spiro atoms. The molecule has 0 aliphatic carbocycles. The quantitative estimate of drug-likeness (QED) is 0.771. The minimum absolute atomic E-state index is 0.0460. The zero-order valence-corrected chi connectivity index (χ0v) is 17.9. The first-order valence-corrected chi connectivity index (χ1v) is 10.6. The van der Waals surface area contributed by atoms with Crippen molar-refractivity contribution in [3.63, 3.8) is 0 Å². The molecule has 0 saturated carbocycles. The topological polar surface area (TPSA) is 85.4 Å². The number of hydrogen-bond acceptors (Lipinski definition) is 5. The molecule has 0 aromatic heterocycles. The number of hydrogen-bond donors (Lipinski definition) is 1. The lowest BCUT2D eigenvalue weighted by Gasteiger charge is -2.36. The maximum absolute atomic E-state index is 12.4. The fourth-order valence-electron chi connectivity index (χ4n) is 3.55. The second-order valence-corrected chi connectivity index (χ2v) is 7.61. The zero-order chi connectivity index (χ0) is 21.5. The van der Waals surface area contributed by atoms with Crippen LogP contribution < -0.4 is 10.2 Å². The second-order valence-electron chi connectivity index (χ2n) is 7.18. The smallest absolute Gasteiger partial charge is 0.409 e. The molecule has 2 saturated heterocycles. The van der Waals surface area contributed by atoms with Gasteiger partial charge in [0.15, 0.2) is 0 Å². The van der Waals surface area contributed by atoms with Crippen molar-refractivity contribution in [1.29, 1.82) is 0 Å². The van der Waals surface area contributed by atoms with Crippen LogP contribution in [0.15, 0.2) is 24.3 Å². The first kappa shape index (κ1) is 22.0. The van der Waals surface area contributed by atoms with Crippen LogP contribution in [0.2, 0.25) is 5.02 Å². The Kier molecular flexibility index (Phi) is 7.62. The summed E-state index contributed by atoms with van der Waals surface area (Å²) >= 11 is 5.93. The summed E-state index contributed by atoms with van der Waals surface area (Å²) in [6.07, 6.45) is -0.351. The van der Waals surface area contributed by atoms with Crippen LogP contribution in [-0.2, 0) is 9.53 Å². The van der Waals surface area contributed by atoms with E-state index in [1.807, 2.05) is 24.3 Å². The van der Waals surface area contributed by atoms with Crippen LogP contribution in [0, 0.1) is 0 Å². The molecule has 4 amide bonds. The molecule has 2 aliphatic heterocycles. The van der Waals surface area contributed by atoms with Gasteiger partial charge in [-0.15, -0.1) is 0 Å². The Balaban J connectivity index is 1.37. The highest BCUT2D eigenvalue weighted by Gasteiger charge is 2.26. The van der Waals surface area contributed by atoms with Crippen LogP contribution in [0.4, 0.5) is 15.3 Å². The van der Waals surface area contributed by atoms with E-state index in [1.54, 1.807) is 21.6 Å². The third-order valence-electron chi connectivity index (χ3n) is 5.31. The van der Waals surface area contributed by atoms with Crippen molar-refractivity contribution in [2.75, 3.05) is 70.4 Å². The van der Waals surface area contributed by atoms with Crippen molar-refractivity contribution < 1.29 is 19.1 Å². The maximum atomic E-state index is 12.4. The Morgan fingerprint density at radius 2 is 1.47 bits per heavy atom. The van der Waals surface area contributed by atoms with Crippen molar-refractivity contribution in [3.8, 4) is 0 Å². The van der Waals surface area contributed by atoms with E-state index in [1.165, 1.54) is 0 Å². The van der Waals surface area contributed by atoms with E-state index >= 15 is 0 Å². The Labute approximate surface area is 181 Å². The van der Waals surface area contributed by atoms with Crippen LogP contribution >= 0.6 is 11.6 Å². The standard InChI is InChI=1S/C20H28ClN5O4/c1-2-30-20(29)26-13-9-24(10-14-26)18(27)15-22-19(28)25-11-7-23(8-12-25)17-5-3-16(21)4-6-17/h3-6H,2,7-15H2,1H3,(H,22,28). The molecule has 1 aromatic carbocycles. The molecule has 0 bridgehead atoms. The van der Waals surface area contributed by atoms with Gasteiger partial charge in [0.05, 0.1) is 13.2 Å². The number of nitrogens with zero attached hydrogens (tertiary/aromatic N) is 4. The summed E-state index contributed by atoms with van der Waals surface area (Å²) in [4.78, 5) is 43.7. The summed E-state index contributed by atoms with van der Waals surface area (Å²) < 4.78 is 4.98. The van der Waals surface area contributed by atoms with E-state index in [0.29, 0.717) is 50.9 Å². The van der Waals surface area contributed by atoms with Crippen molar-refractivity contribution in [2.24, 2.45) is 0 Å². The van der Waals surface area contributed by atoms with Crippen LogP contribution in [-0.4, -0.2) is 98.2 Å². The minimum Gasteiger partial charge on any atom is -0.450 e. The fraction of sp³-hybridized carbons (Fsp3) is 0.550. The van der Waals surface area contributed by atoms with E-state index in [0.717, 1.165) is 18.8 Å². The van der Waals surface area contributed by atoms with Crippen molar-refractivity contribution >= 4 is 35.3 Å². The van der Waals surface area contributed by atoms with Gasteiger partial charge in [-0.3, -0.25) is 4.79 Å². The number of halogens is 1.